The van der Waals surface area contributed by atoms with Crippen LogP contribution < -0.4 is 14.8 Å². The van der Waals surface area contributed by atoms with Crippen molar-refractivity contribution in [2.75, 3.05) is 10.0 Å². The SMILES string of the molecule is Cc1noc(NS(=O)(=O)c2ccc(NC(=O)C(C)Oc3ccc(C(C)C)cc3)cc2)c1C. The first kappa shape index (κ1) is 23.3. The highest BCUT2D eigenvalue weighted by molar-refractivity contribution is 7.92. The molecule has 1 heterocycles. The minimum absolute atomic E-state index is 0.0264. The number of benzene rings is 2. The van der Waals surface area contributed by atoms with Gasteiger partial charge in [-0.1, -0.05) is 31.1 Å². The maximum atomic E-state index is 12.6. The number of carbonyl (C=O) groups is 1. The summed E-state index contributed by atoms with van der Waals surface area (Å²) in [6.07, 6.45) is -0.734. The molecule has 0 bridgehead atoms. The Balaban J connectivity index is 1.61. The Kier molecular flexibility index (Phi) is 6.88. The van der Waals surface area contributed by atoms with Crippen LogP contribution in [0.15, 0.2) is 57.9 Å². The molecule has 0 saturated carbocycles. The van der Waals surface area contributed by atoms with Gasteiger partial charge >= 0.3 is 0 Å². The number of amides is 1. The summed E-state index contributed by atoms with van der Waals surface area (Å²) < 4.78 is 38.2. The fraction of sp³-hybridized carbons (Fsp3) is 0.304. The summed E-state index contributed by atoms with van der Waals surface area (Å²) in [6, 6.07) is 13.4. The quantitative estimate of drug-likeness (QED) is 0.511. The molecule has 9 heteroatoms. The van der Waals surface area contributed by atoms with Crippen LogP contribution >= 0.6 is 0 Å². The first-order chi connectivity index (χ1) is 15.1. The van der Waals surface area contributed by atoms with E-state index in [-0.39, 0.29) is 16.7 Å². The van der Waals surface area contributed by atoms with E-state index < -0.39 is 16.1 Å². The molecule has 2 N–H and O–H groups in total. The van der Waals surface area contributed by atoms with Gasteiger partial charge < -0.3 is 14.6 Å². The number of aromatic nitrogens is 1. The average molecular weight is 458 g/mol. The predicted octanol–water partition coefficient (Wildman–Crippen LogP) is 4.62. The molecule has 3 aromatic rings. The molecule has 0 fully saturated rings. The molecule has 1 aromatic heterocycles. The molecule has 0 spiro atoms. The third kappa shape index (κ3) is 5.47. The van der Waals surface area contributed by atoms with E-state index in [0.29, 0.717) is 28.6 Å². The molecule has 8 nitrogen and oxygen atoms in total. The number of nitrogens with zero attached hydrogens (tertiary/aromatic N) is 1. The number of anilines is 2. The maximum absolute atomic E-state index is 12.6. The lowest BCUT2D eigenvalue weighted by atomic mass is 10.0. The second-order valence-corrected chi connectivity index (χ2v) is 9.51. The number of carbonyl (C=O) groups excluding carboxylic acids is 1. The van der Waals surface area contributed by atoms with E-state index in [4.69, 9.17) is 9.26 Å². The maximum Gasteiger partial charge on any atom is 0.265 e. The van der Waals surface area contributed by atoms with Crippen LogP contribution in [0.2, 0.25) is 0 Å². The van der Waals surface area contributed by atoms with Crippen molar-refractivity contribution in [2.45, 2.75) is 51.5 Å². The van der Waals surface area contributed by atoms with Gasteiger partial charge in [0.05, 0.1) is 10.6 Å². The van der Waals surface area contributed by atoms with Gasteiger partial charge in [-0.25, -0.2) is 13.1 Å². The normalized spacial score (nSPS) is 12.4. The minimum Gasteiger partial charge on any atom is -0.481 e. The lowest BCUT2D eigenvalue weighted by Gasteiger charge is -2.15. The van der Waals surface area contributed by atoms with Gasteiger partial charge in [0.25, 0.3) is 15.9 Å². The first-order valence-electron chi connectivity index (χ1n) is 10.2. The second kappa shape index (κ2) is 9.44. The van der Waals surface area contributed by atoms with Crippen molar-refractivity contribution in [3.8, 4) is 5.75 Å². The van der Waals surface area contributed by atoms with Gasteiger partial charge in [-0.3, -0.25) is 4.79 Å². The largest absolute Gasteiger partial charge is 0.481 e. The summed E-state index contributed by atoms with van der Waals surface area (Å²) in [5.41, 5.74) is 2.86. The van der Waals surface area contributed by atoms with Gasteiger partial charge in [0, 0.05) is 11.3 Å². The number of ether oxygens (including phenoxy) is 1. The van der Waals surface area contributed by atoms with E-state index >= 15 is 0 Å². The molecule has 2 aromatic carbocycles. The Morgan fingerprint density at radius 3 is 2.16 bits per heavy atom. The van der Waals surface area contributed by atoms with Crippen molar-refractivity contribution in [1.82, 2.24) is 5.16 Å². The summed E-state index contributed by atoms with van der Waals surface area (Å²) in [4.78, 5) is 12.5. The highest BCUT2D eigenvalue weighted by atomic mass is 32.2. The summed E-state index contributed by atoms with van der Waals surface area (Å²) in [5.74, 6) is 0.741. The fourth-order valence-electron chi connectivity index (χ4n) is 2.84. The molecule has 170 valence electrons. The predicted molar refractivity (Wildman–Crippen MR) is 122 cm³/mol. The topological polar surface area (TPSA) is 111 Å². The molecule has 1 atom stereocenters. The van der Waals surface area contributed by atoms with Gasteiger partial charge in [0.1, 0.15) is 5.75 Å². The van der Waals surface area contributed by atoms with E-state index in [1.54, 1.807) is 20.8 Å². The number of nitrogens with one attached hydrogen (secondary N) is 2. The van der Waals surface area contributed by atoms with E-state index in [2.05, 4.69) is 29.0 Å². The van der Waals surface area contributed by atoms with Crippen LogP contribution in [0.25, 0.3) is 0 Å². The smallest absolute Gasteiger partial charge is 0.265 e. The van der Waals surface area contributed by atoms with Gasteiger partial charge in [0.2, 0.25) is 5.88 Å². The standard InChI is InChI=1S/C23H27N3O5S/c1-14(2)18-6-10-20(11-7-18)30-17(5)22(27)24-19-8-12-21(13-9-19)32(28,29)26-23-15(3)16(4)25-31-23/h6-14,17,26H,1-5H3,(H,24,27). The summed E-state index contributed by atoms with van der Waals surface area (Å²) in [5, 5.41) is 6.46. The third-order valence-corrected chi connectivity index (χ3v) is 6.39. The number of hydrogen-bond acceptors (Lipinski definition) is 6. The zero-order valence-corrected chi connectivity index (χ0v) is 19.5. The number of sulfonamides is 1. The van der Waals surface area contributed by atoms with Crippen LogP contribution in [0, 0.1) is 13.8 Å². The van der Waals surface area contributed by atoms with Gasteiger partial charge in [0.15, 0.2) is 6.10 Å². The van der Waals surface area contributed by atoms with Crippen molar-refractivity contribution < 1.29 is 22.5 Å². The molecule has 0 radical (unpaired) electrons. The van der Waals surface area contributed by atoms with Crippen molar-refractivity contribution >= 4 is 27.5 Å². The van der Waals surface area contributed by atoms with E-state index in [1.807, 2.05) is 24.3 Å². The first-order valence-corrected chi connectivity index (χ1v) is 11.7. The average Bonchev–Trinajstić information content (AvgIpc) is 3.06. The Bertz CT molecular complexity index is 1180. The van der Waals surface area contributed by atoms with Crippen LogP contribution in [0.1, 0.15) is 43.5 Å². The molecule has 32 heavy (non-hydrogen) atoms. The molecule has 0 aliphatic rings. The van der Waals surface area contributed by atoms with Crippen LogP contribution in [-0.4, -0.2) is 25.6 Å². The Morgan fingerprint density at radius 1 is 1.00 bits per heavy atom. The number of aryl methyl sites for hydroxylation is 1. The van der Waals surface area contributed by atoms with Crippen LogP contribution in [0.3, 0.4) is 0 Å². The molecule has 0 aliphatic carbocycles. The summed E-state index contributed by atoms with van der Waals surface area (Å²) >= 11 is 0. The van der Waals surface area contributed by atoms with Gasteiger partial charge in [-0.15, -0.1) is 0 Å². The molecular weight excluding hydrogens is 430 g/mol. The lowest BCUT2D eigenvalue weighted by Crippen LogP contribution is -2.30. The van der Waals surface area contributed by atoms with Gasteiger partial charge in [-0.2, -0.15) is 0 Å². The molecule has 3 rings (SSSR count). The van der Waals surface area contributed by atoms with Crippen molar-refractivity contribution in [3.05, 3.63) is 65.4 Å². The third-order valence-electron chi connectivity index (χ3n) is 5.05. The molecule has 1 unspecified atom stereocenters. The van der Waals surface area contributed by atoms with E-state index in [0.717, 1.165) is 0 Å². The highest BCUT2D eigenvalue weighted by Crippen LogP contribution is 2.23. The van der Waals surface area contributed by atoms with E-state index in [9.17, 15) is 13.2 Å². The van der Waals surface area contributed by atoms with Crippen LogP contribution in [0.4, 0.5) is 11.6 Å². The molecule has 0 saturated heterocycles. The Labute approximate surface area is 188 Å². The molecule has 0 aliphatic heterocycles. The number of rotatable bonds is 8. The Morgan fingerprint density at radius 2 is 1.62 bits per heavy atom. The van der Waals surface area contributed by atoms with Crippen molar-refractivity contribution in [3.63, 3.8) is 0 Å². The fourth-order valence-corrected chi connectivity index (χ4v) is 3.89. The van der Waals surface area contributed by atoms with Crippen LogP contribution in [-0.2, 0) is 14.8 Å². The zero-order valence-electron chi connectivity index (χ0n) is 18.7. The van der Waals surface area contributed by atoms with Gasteiger partial charge in [-0.05, 0) is 68.7 Å². The monoisotopic (exact) mass is 457 g/mol. The lowest BCUT2D eigenvalue weighted by molar-refractivity contribution is -0.122. The summed E-state index contributed by atoms with van der Waals surface area (Å²) in [6.45, 7) is 9.29. The summed E-state index contributed by atoms with van der Waals surface area (Å²) in [7, 11) is -3.86. The van der Waals surface area contributed by atoms with Crippen molar-refractivity contribution in [1.29, 1.82) is 0 Å². The van der Waals surface area contributed by atoms with Crippen LogP contribution in [0.5, 0.6) is 5.75 Å². The number of hydrogen-bond donors (Lipinski definition) is 2. The minimum atomic E-state index is -3.86. The highest BCUT2D eigenvalue weighted by Gasteiger charge is 2.20. The Hall–Kier alpha value is -3.33. The van der Waals surface area contributed by atoms with Crippen molar-refractivity contribution in [2.24, 2.45) is 0 Å². The van der Waals surface area contributed by atoms with E-state index in [1.165, 1.54) is 29.8 Å². The molecular formula is C23H27N3O5S. The zero-order chi connectivity index (χ0) is 23.5. The second-order valence-electron chi connectivity index (χ2n) is 7.83. The molecule has 1 amide bonds.